The Morgan fingerprint density at radius 2 is 1.75 bits per heavy atom. The second kappa shape index (κ2) is 6.95. The molecule has 0 spiro atoms. The Kier molecular flexibility index (Phi) is 5.17. The molecule has 0 saturated carbocycles. The quantitative estimate of drug-likeness (QED) is 0.866. The summed E-state index contributed by atoms with van der Waals surface area (Å²) in [4.78, 5) is 24.7. The Morgan fingerprint density at radius 1 is 1.12 bits per heavy atom. The first-order valence-corrected chi connectivity index (χ1v) is 6.98. The standard InChI is InChI=1S/C14H15F3N2O5/c15-14(16,17)24-11-7-9(12(20)21)1-2-10(11)8-18-3-5-19(6-4-18)13(22)23/h1-2,7H,3-6,8H2,(H,20,21)(H,22,23). The van der Waals surface area contributed by atoms with Gasteiger partial charge in [-0.3, -0.25) is 4.90 Å². The molecule has 2 rings (SSSR count). The monoisotopic (exact) mass is 348 g/mol. The van der Waals surface area contributed by atoms with Crippen LogP contribution in [0.1, 0.15) is 15.9 Å². The van der Waals surface area contributed by atoms with Crippen molar-refractivity contribution < 1.29 is 37.7 Å². The molecular formula is C14H15F3N2O5. The molecule has 1 aliphatic rings. The summed E-state index contributed by atoms with van der Waals surface area (Å²) >= 11 is 0. The zero-order valence-corrected chi connectivity index (χ0v) is 12.4. The fourth-order valence-electron chi connectivity index (χ4n) is 2.38. The summed E-state index contributed by atoms with van der Waals surface area (Å²) in [5.41, 5.74) is -0.130. The highest BCUT2D eigenvalue weighted by molar-refractivity contribution is 5.88. The topological polar surface area (TPSA) is 90.3 Å². The van der Waals surface area contributed by atoms with Crippen LogP contribution in [-0.2, 0) is 6.54 Å². The molecule has 1 amide bonds. The van der Waals surface area contributed by atoms with Crippen LogP contribution < -0.4 is 4.74 Å². The fourth-order valence-corrected chi connectivity index (χ4v) is 2.38. The second-order valence-corrected chi connectivity index (χ2v) is 5.22. The van der Waals surface area contributed by atoms with Gasteiger partial charge in [-0.25, -0.2) is 9.59 Å². The summed E-state index contributed by atoms with van der Waals surface area (Å²) in [5, 5.41) is 17.8. The molecule has 1 fully saturated rings. The van der Waals surface area contributed by atoms with Gasteiger partial charge in [0.1, 0.15) is 5.75 Å². The molecule has 10 heteroatoms. The zero-order valence-electron chi connectivity index (χ0n) is 12.4. The van der Waals surface area contributed by atoms with Crippen molar-refractivity contribution in [1.82, 2.24) is 9.80 Å². The van der Waals surface area contributed by atoms with E-state index in [1.807, 2.05) is 0 Å². The molecule has 1 heterocycles. The minimum absolute atomic E-state index is 0.0960. The Hall–Kier alpha value is -2.49. The van der Waals surface area contributed by atoms with Crippen LogP contribution in [0.4, 0.5) is 18.0 Å². The van der Waals surface area contributed by atoms with E-state index in [9.17, 15) is 22.8 Å². The third kappa shape index (κ3) is 4.75. The van der Waals surface area contributed by atoms with Crippen LogP contribution in [0.15, 0.2) is 18.2 Å². The zero-order chi connectivity index (χ0) is 17.9. The highest BCUT2D eigenvalue weighted by atomic mass is 19.4. The predicted molar refractivity (Wildman–Crippen MR) is 75.0 cm³/mol. The number of alkyl halides is 3. The first-order chi connectivity index (χ1) is 11.2. The number of halogens is 3. The third-order valence-electron chi connectivity index (χ3n) is 3.58. The molecule has 0 unspecified atom stereocenters. The average Bonchev–Trinajstić information content (AvgIpc) is 2.48. The summed E-state index contributed by atoms with van der Waals surface area (Å²) in [6.07, 6.45) is -5.98. The van der Waals surface area contributed by atoms with E-state index in [1.165, 1.54) is 17.0 Å². The van der Waals surface area contributed by atoms with Crippen LogP contribution in [0.2, 0.25) is 0 Å². The van der Waals surface area contributed by atoms with Crippen molar-refractivity contribution in [3.05, 3.63) is 29.3 Å². The summed E-state index contributed by atoms with van der Waals surface area (Å²) in [7, 11) is 0. The number of amides is 1. The predicted octanol–water partition coefficient (Wildman–Crippen LogP) is 2.08. The van der Waals surface area contributed by atoms with Gasteiger partial charge in [0, 0.05) is 38.3 Å². The number of aromatic carboxylic acids is 1. The Bertz CT molecular complexity index is 627. The lowest BCUT2D eigenvalue weighted by Crippen LogP contribution is -2.47. The molecule has 1 aromatic rings. The maximum atomic E-state index is 12.5. The molecular weight excluding hydrogens is 333 g/mol. The molecule has 132 valence electrons. The molecule has 24 heavy (non-hydrogen) atoms. The lowest BCUT2D eigenvalue weighted by atomic mass is 10.1. The Morgan fingerprint density at radius 3 is 2.25 bits per heavy atom. The number of benzene rings is 1. The number of carboxylic acid groups (broad SMARTS) is 2. The lowest BCUT2D eigenvalue weighted by Gasteiger charge is -2.33. The van der Waals surface area contributed by atoms with Crippen molar-refractivity contribution in [2.75, 3.05) is 26.2 Å². The average molecular weight is 348 g/mol. The van der Waals surface area contributed by atoms with Gasteiger partial charge in [0.15, 0.2) is 0 Å². The van der Waals surface area contributed by atoms with E-state index < -0.39 is 24.2 Å². The highest BCUT2D eigenvalue weighted by Gasteiger charge is 2.33. The highest BCUT2D eigenvalue weighted by Crippen LogP contribution is 2.29. The van der Waals surface area contributed by atoms with Gasteiger partial charge >= 0.3 is 18.4 Å². The molecule has 1 aliphatic heterocycles. The van der Waals surface area contributed by atoms with Crippen LogP contribution in [0.5, 0.6) is 5.75 Å². The van der Waals surface area contributed by atoms with Crippen LogP contribution in [0, 0.1) is 0 Å². The molecule has 1 aromatic carbocycles. The normalized spacial score (nSPS) is 16.0. The second-order valence-electron chi connectivity index (χ2n) is 5.22. The van der Waals surface area contributed by atoms with E-state index in [0.29, 0.717) is 13.1 Å². The van der Waals surface area contributed by atoms with E-state index >= 15 is 0 Å². The van der Waals surface area contributed by atoms with Gasteiger partial charge in [0.2, 0.25) is 0 Å². The summed E-state index contributed by atoms with van der Waals surface area (Å²) in [6, 6.07) is 3.31. The first-order valence-electron chi connectivity index (χ1n) is 6.98. The molecule has 7 nitrogen and oxygen atoms in total. The molecule has 0 atom stereocenters. The molecule has 0 aromatic heterocycles. The Balaban J connectivity index is 2.14. The van der Waals surface area contributed by atoms with Crippen LogP contribution in [0.3, 0.4) is 0 Å². The number of nitrogens with zero attached hydrogens (tertiary/aromatic N) is 2. The number of ether oxygens (including phenoxy) is 1. The van der Waals surface area contributed by atoms with Gasteiger partial charge in [-0.1, -0.05) is 6.07 Å². The molecule has 0 bridgehead atoms. The van der Waals surface area contributed by atoms with Gasteiger partial charge in [0.05, 0.1) is 5.56 Å². The van der Waals surface area contributed by atoms with Gasteiger partial charge in [0.25, 0.3) is 0 Å². The maximum absolute atomic E-state index is 12.5. The first kappa shape index (κ1) is 17.9. The van der Waals surface area contributed by atoms with E-state index in [4.69, 9.17) is 10.2 Å². The van der Waals surface area contributed by atoms with Crippen molar-refractivity contribution in [1.29, 1.82) is 0 Å². The molecule has 1 saturated heterocycles. The summed E-state index contributed by atoms with van der Waals surface area (Å²) in [6.45, 7) is 1.31. The summed E-state index contributed by atoms with van der Waals surface area (Å²) in [5.74, 6) is -1.92. The maximum Gasteiger partial charge on any atom is 0.573 e. The number of hydrogen-bond acceptors (Lipinski definition) is 4. The number of carboxylic acids is 1. The van der Waals surface area contributed by atoms with Crippen LogP contribution in [-0.4, -0.2) is 64.6 Å². The lowest BCUT2D eigenvalue weighted by molar-refractivity contribution is -0.275. The van der Waals surface area contributed by atoms with E-state index in [0.717, 1.165) is 6.07 Å². The fraction of sp³-hybridized carbons (Fsp3) is 0.429. The van der Waals surface area contributed by atoms with Crippen molar-refractivity contribution >= 4 is 12.1 Å². The molecule has 2 N–H and O–H groups in total. The molecule has 0 aliphatic carbocycles. The minimum Gasteiger partial charge on any atom is -0.478 e. The van der Waals surface area contributed by atoms with E-state index in [2.05, 4.69) is 4.74 Å². The van der Waals surface area contributed by atoms with Gasteiger partial charge in [-0.15, -0.1) is 13.2 Å². The van der Waals surface area contributed by atoms with Crippen molar-refractivity contribution in [3.63, 3.8) is 0 Å². The smallest absolute Gasteiger partial charge is 0.478 e. The van der Waals surface area contributed by atoms with Crippen LogP contribution in [0.25, 0.3) is 0 Å². The SMILES string of the molecule is O=C(O)c1ccc(CN2CCN(C(=O)O)CC2)c(OC(F)(F)F)c1. The van der Waals surface area contributed by atoms with Crippen molar-refractivity contribution in [2.24, 2.45) is 0 Å². The number of hydrogen-bond donors (Lipinski definition) is 2. The number of carbonyl (C=O) groups is 2. The van der Waals surface area contributed by atoms with Crippen molar-refractivity contribution in [3.8, 4) is 5.75 Å². The summed E-state index contributed by atoms with van der Waals surface area (Å²) < 4.78 is 41.5. The van der Waals surface area contributed by atoms with Gasteiger partial charge in [-0.2, -0.15) is 0 Å². The third-order valence-corrected chi connectivity index (χ3v) is 3.58. The van der Waals surface area contributed by atoms with Gasteiger partial charge in [-0.05, 0) is 12.1 Å². The number of rotatable bonds is 4. The number of piperazine rings is 1. The molecule has 0 radical (unpaired) electrons. The largest absolute Gasteiger partial charge is 0.573 e. The van der Waals surface area contributed by atoms with E-state index in [-0.39, 0.29) is 30.8 Å². The van der Waals surface area contributed by atoms with E-state index in [1.54, 1.807) is 4.90 Å². The van der Waals surface area contributed by atoms with Crippen molar-refractivity contribution in [2.45, 2.75) is 12.9 Å². The van der Waals surface area contributed by atoms with Crippen LogP contribution >= 0.6 is 0 Å². The Labute approximate surface area is 134 Å². The van der Waals surface area contributed by atoms with Gasteiger partial charge < -0.3 is 19.8 Å². The minimum atomic E-state index is -4.94.